The molecule has 0 saturated carbocycles. The van der Waals surface area contributed by atoms with Crippen LogP contribution in [0.1, 0.15) is 45.4 Å². The largest absolute Gasteiger partial charge is 0.367 e. The highest BCUT2D eigenvalue weighted by molar-refractivity contribution is 6.32. The monoisotopic (exact) mass is 276 g/mol. The van der Waals surface area contributed by atoms with Crippen molar-refractivity contribution < 1.29 is 0 Å². The van der Waals surface area contributed by atoms with Gasteiger partial charge in [0.2, 0.25) is 5.28 Å². The fourth-order valence-electron chi connectivity index (χ4n) is 1.52. The maximum absolute atomic E-state index is 5.82. The maximum atomic E-state index is 5.82. The molecule has 0 aliphatic carbocycles. The molecule has 1 heterocycles. The third kappa shape index (κ3) is 6.03. The summed E-state index contributed by atoms with van der Waals surface area (Å²) in [6.45, 7) is 3.05. The number of hydrogen-bond acceptors (Lipinski definition) is 4. The average Bonchev–Trinajstić information content (AvgIpc) is 2.32. The molecule has 0 bridgehead atoms. The van der Waals surface area contributed by atoms with Crippen LogP contribution in [0.25, 0.3) is 0 Å². The Morgan fingerprint density at radius 2 is 1.71 bits per heavy atom. The number of anilines is 1. The van der Waals surface area contributed by atoms with Crippen LogP contribution in [0.5, 0.6) is 0 Å². The van der Waals surface area contributed by atoms with E-state index in [1.165, 1.54) is 32.1 Å². The molecule has 0 amide bonds. The molecule has 0 saturated heterocycles. The Morgan fingerprint density at radius 1 is 1.00 bits per heavy atom. The van der Waals surface area contributed by atoms with Crippen molar-refractivity contribution in [1.82, 2.24) is 15.2 Å². The van der Waals surface area contributed by atoms with E-state index in [9.17, 15) is 0 Å². The van der Waals surface area contributed by atoms with E-state index in [1.807, 2.05) is 0 Å². The molecule has 1 aromatic rings. The Labute approximate surface area is 112 Å². The predicted molar refractivity (Wildman–Crippen MR) is 71.7 cm³/mol. The zero-order valence-electron chi connectivity index (χ0n) is 10.0. The highest BCUT2D eigenvalue weighted by atomic mass is 35.5. The summed E-state index contributed by atoms with van der Waals surface area (Å²) < 4.78 is 0. The summed E-state index contributed by atoms with van der Waals surface area (Å²) in [6.07, 6.45) is 7.52. The molecule has 1 aromatic heterocycles. The molecule has 0 atom stereocenters. The smallest absolute Gasteiger partial charge is 0.245 e. The number of unbranched alkanes of at least 4 members (excludes halogenated alkanes) is 5. The van der Waals surface area contributed by atoms with Crippen LogP contribution >= 0.6 is 23.2 Å². The van der Waals surface area contributed by atoms with Crippen molar-refractivity contribution in [2.45, 2.75) is 45.4 Å². The van der Waals surface area contributed by atoms with Gasteiger partial charge >= 0.3 is 0 Å². The van der Waals surface area contributed by atoms with Crippen LogP contribution < -0.4 is 5.32 Å². The Morgan fingerprint density at radius 3 is 2.47 bits per heavy atom. The van der Waals surface area contributed by atoms with Gasteiger partial charge in [-0.05, 0) is 18.0 Å². The maximum Gasteiger partial charge on any atom is 0.245 e. The van der Waals surface area contributed by atoms with Gasteiger partial charge < -0.3 is 5.32 Å². The molecule has 0 unspecified atom stereocenters. The van der Waals surface area contributed by atoms with Crippen molar-refractivity contribution in [3.05, 3.63) is 10.4 Å². The summed E-state index contributed by atoms with van der Waals surface area (Å²) >= 11 is 11.5. The zero-order chi connectivity index (χ0) is 12.5. The van der Waals surface area contributed by atoms with Gasteiger partial charge in [0.15, 0.2) is 11.0 Å². The second-order valence-corrected chi connectivity index (χ2v) is 4.61. The van der Waals surface area contributed by atoms with Crippen LogP contribution in [-0.4, -0.2) is 21.7 Å². The Hall–Kier alpha value is -0.610. The van der Waals surface area contributed by atoms with Gasteiger partial charge in [0, 0.05) is 6.54 Å². The second-order valence-electron chi connectivity index (χ2n) is 3.91. The van der Waals surface area contributed by atoms with Crippen LogP contribution in [-0.2, 0) is 0 Å². The van der Waals surface area contributed by atoms with Gasteiger partial charge in [0.25, 0.3) is 0 Å². The van der Waals surface area contributed by atoms with E-state index in [2.05, 4.69) is 27.4 Å². The molecule has 0 aromatic carbocycles. The number of hydrogen-bond donors (Lipinski definition) is 1. The molecular weight excluding hydrogens is 259 g/mol. The molecule has 0 aliphatic heterocycles. The molecule has 0 spiro atoms. The first-order chi connectivity index (χ1) is 8.24. The van der Waals surface area contributed by atoms with Crippen LogP contribution in [0.4, 0.5) is 5.82 Å². The lowest BCUT2D eigenvalue weighted by Crippen LogP contribution is -2.05. The lowest BCUT2D eigenvalue weighted by molar-refractivity contribution is 0.616. The van der Waals surface area contributed by atoms with Crippen molar-refractivity contribution in [2.24, 2.45) is 0 Å². The first-order valence-electron chi connectivity index (χ1n) is 6.03. The quantitative estimate of drug-likeness (QED) is 0.731. The minimum atomic E-state index is 0.111. The van der Waals surface area contributed by atoms with Gasteiger partial charge in [-0.3, -0.25) is 0 Å². The molecule has 6 heteroatoms. The van der Waals surface area contributed by atoms with Crippen molar-refractivity contribution in [2.75, 3.05) is 11.9 Å². The third-order valence-corrected chi connectivity index (χ3v) is 2.86. The van der Waals surface area contributed by atoms with Crippen molar-refractivity contribution in [1.29, 1.82) is 0 Å². The topological polar surface area (TPSA) is 50.7 Å². The van der Waals surface area contributed by atoms with Crippen molar-refractivity contribution in [3.8, 4) is 0 Å². The summed E-state index contributed by atoms with van der Waals surface area (Å²) in [5.74, 6) is 0.514. The van der Waals surface area contributed by atoms with Crippen molar-refractivity contribution in [3.63, 3.8) is 0 Å². The second kappa shape index (κ2) is 8.48. The van der Waals surface area contributed by atoms with Gasteiger partial charge in [-0.1, -0.05) is 50.6 Å². The van der Waals surface area contributed by atoms with E-state index in [0.717, 1.165) is 13.0 Å². The molecule has 4 nitrogen and oxygen atoms in total. The Bertz CT molecular complexity index is 333. The van der Waals surface area contributed by atoms with Crippen molar-refractivity contribution >= 4 is 29.0 Å². The zero-order valence-corrected chi connectivity index (χ0v) is 11.6. The van der Waals surface area contributed by atoms with E-state index >= 15 is 0 Å². The molecule has 1 N–H and O–H groups in total. The molecule has 0 aliphatic rings. The summed E-state index contributed by atoms with van der Waals surface area (Å²) in [7, 11) is 0. The van der Waals surface area contributed by atoms with E-state index in [0.29, 0.717) is 5.82 Å². The van der Waals surface area contributed by atoms with Gasteiger partial charge in [-0.2, -0.15) is 4.98 Å². The van der Waals surface area contributed by atoms with E-state index in [-0.39, 0.29) is 10.4 Å². The highest BCUT2D eigenvalue weighted by Crippen LogP contribution is 2.16. The number of nitrogens with one attached hydrogen (secondary N) is 1. The van der Waals surface area contributed by atoms with Crippen LogP contribution in [0, 0.1) is 0 Å². The summed E-state index contributed by atoms with van der Waals surface area (Å²) in [5.41, 5.74) is 0. The summed E-state index contributed by atoms with van der Waals surface area (Å²) in [6, 6.07) is 0. The number of rotatable bonds is 8. The SMILES string of the molecule is CCCCCCCCNc1nc(Cl)nnc1Cl. The highest BCUT2D eigenvalue weighted by Gasteiger charge is 2.04. The molecule has 96 valence electrons. The lowest BCUT2D eigenvalue weighted by Gasteiger charge is -2.06. The van der Waals surface area contributed by atoms with Gasteiger partial charge in [0.05, 0.1) is 0 Å². The molecule has 0 radical (unpaired) electrons. The van der Waals surface area contributed by atoms with E-state index < -0.39 is 0 Å². The van der Waals surface area contributed by atoms with Gasteiger partial charge in [-0.15, -0.1) is 10.2 Å². The normalized spacial score (nSPS) is 10.5. The van der Waals surface area contributed by atoms with Crippen LogP contribution in [0.15, 0.2) is 0 Å². The fourth-order valence-corrected chi connectivity index (χ4v) is 1.79. The lowest BCUT2D eigenvalue weighted by atomic mass is 10.1. The Balaban J connectivity index is 2.15. The van der Waals surface area contributed by atoms with E-state index in [4.69, 9.17) is 23.2 Å². The predicted octanol–water partition coefficient (Wildman–Crippen LogP) is 3.95. The standard InChI is InChI=1S/C11H18Cl2N4/c1-2-3-4-5-6-7-8-14-10-9(12)16-17-11(13)15-10/h2-8H2,1H3,(H,14,15,17). The summed E-state index contributed by atoms with van der Waals surface area (Å²) in [5, 5.41) is 10.7. The fraction of sp³-hybridized carbons (Fsp3) is 0.727. The molecular formula is C11H18Cl2N4. The number of halogens is 2. The third-order valence-electron chi connectivity index (χ3n) is 2.44. The van der Waals surface area contributed by atoms with Crippen LogP contribution in [0.2, 0.25) is 10.4 Å². The first kappa shape index (κ1) is 14.5. The van der Waals surface area contributed by atoms with Crippen LogP contribution in [0.3, 0.4) is 0 Å². The minimum Gasteiger partial charge on any atom is -0.367 e. The first-order valence-corrected chi connectivity index (χ1v) is 6.79. The van der Waals surface area contributed by atoms with Gasteiger partial charge in [0.1, 0.15) is 0 Å². The molecule has 1 rings (SSSR count). The number of nitrogens with zero attached hydrogens (tertiary/aromatic N) is 3. The summed E-state index contributed by atoms with van der Waals surface area (Å²) in [4.78, 5) is 3.97. The molecule has 17 heavy (non-hydrogen) atoms. The minimum absolute atomic E-state index is 0.111. The number of aromatic nitrogens is 3. The molecule has 0 fully saturated rings. The average molecular weight is 277 g/mol. The van der Waals surface area contributed by atoms with Gasteiger partial charge in [-0.25, -0.2) is 0 Å². The van der Waals surface area contributed by atoms with E-state index in [1.54, 1.807) is 0 Å². The Kier molecular flexibility index (Phi) is 7.21.